The van der Waals surface area contributed by atoms with Crippen molar-refractivity contribution in [3.8, 4) is 0 Å². The van der Waals surface area contributed by atoms with Crippen molar-refractivity contribution < 1.29 is 4.79 Å². The fourth-order valence-corrected chi connectivity index (χ4v) is 2.40. The molecule has 0 radical (unpaired) electrons. The molecule has 3 aromatic rings. The van der Waals surface area contributed by atoms with Gasteiger partial charge in [-0.15, -0.1) is 0 Å². The highest BCUT2D eigenvalue weighted by Gasteiger charge is 2.06. The van der Waals surface area contributed by atoms with Crippen LogP contribution in [0, 0.1) is 0 Å². The van der Waals surface area contributed by atoms with E-state index in [-0.39, 0.29) is 5.91 Å². The number of carbonyl (C=O) groups is 1. The molecular weight excluding hydrogens is 318 g/mol. The van der Waals surface area contributed by atoms with Crippen LogP contribution in [0.5, 0.6) is 0 Å². The molecule has 0 spiro atoms. The molecule has 2 aromatic carbocycles. The minimum absolute atomic E-state index is 0.0931. The second-order valence-electron chi connectivity index (χ2n) is 4.47. The number of nitrogens with zero attached hydrogens (tertiary/aromatic N) is 1. The smallest absolute Gasteiger partial charge is 0.251 e. The number of aromatic amines is 1. The second-order valence-corrected chi connectivity index (χ2v) is 5.39. The van der Waals surface area contributed by atoms with Crippen molar-refractivity contribution in [2.45, 2.75) is 6.54 Å². The molecule has 0 aliphatic heterocycles. The molecule has 0 fully saturated rings. The molecule has 1 aromatic heterocycles. The highest BCUT2D eigenvalue weighted by atomic mass is 79.9. The van der Waals surface area contributed by atoms with Crippen molar-refractivity contribution in [2.24, 2.45) is 0 Å². The van der Waals surface area contributed by atoms with E-state index in [1.807, 2.05) is 42.5 Å². The third kappa shape index (κ3) is 2.72. The normalized spacial score (nSPS) is 10.7. The van der Waals surface area contributed by atoms with Crippen LogP contribution in [-0.2, 0) is 6.54 Å². The summed E-state index contributed by atoms with van der Waals surface area (Å²) in [4.78, 5) is 12.1. The van der Waals surface area contributed by atoms with Gasteiger partial charge < -0.3 is 5.32 Å². The zero-order chi connectivity index (χ0) is 13.9. The number of hydrogen-bond donors (Lipinski definition) is 2. The number of aromatic nitrogens is 2. The molecule has 100 valence electrons. The van der Waals surface area contributed by atoms with Crippen LogP contribution in [0.25, 0.3) is 10.8 Å². The van der Waals surface area contributed by atoms with Crippen molar-refractivity contribution in [3.05, 3.63) is 64.4 Å². The molecule has 0 aliphatic carbocycles. The Labute approximate surface area is 124 Å². The Bertz CT molecular complexity index is 753. The standard InChI is InChI=1S/C15H12BrN3O/c16-13-4-3-10-7-12(2-1-11(10)8-13)15(20)17-9-14-5-6-18-19-14/h1-8H,9H2,(H,17,20)(H,18,19). The second kappa shape index (κ2) is 5.46. The summed E-state index contributed by atoms with van der Waals surface area (Å²) < 4.78 is 1.03. The molecule has 0 unspecified atom stereocenters. The monoisotopic (exact) mass is 329 g/mol. The van der Waals surface area contributed by atoms with E-state index in [0.29, 0.717) is 12.1 Å². The molecule has 20 heavy (non-hydrogen) atoms. The van der Waals surface area contributed by atoms with Crippen LogP contribution >= 0.6 is 15.9 Å². The summed E-state index contributed by atoms with van der Waals surface area (Å²) in [7, 11) is 0. The van der Waals surface area contributed by atoms with E-state index in [1.54, 1.807) is 6.20 Å². The number of carbonyl (C=O) groups excluding carboxylic acids is 1. The Morgan fingerprint density at radius 3 is 2.75 bits per heavy atom. The molecular formula is C15H12BrN3O. The van der Waals surface area contributed by atoms with E-state index >= 15 is 0 Å². The van der Waals surface area contributed by atoms with Crippen LogP contribution in [0.3, 0.4) is 0 Å². The lowest BCUT2D eigenvalue weighted by Crippen LogP contribution is -2.22. The summed E-state index contributed by atoms with van der Waals surface area (Å²) in [5.41, 5.74) is 1.53. The minimum atomic E-state index is -0.0931. The number of nitrogens with one attached hydrogen (secondary N) is 2. The van der Waals surface area contributed by atoms with Gasteiger partial charge in [0.15, 0.2) is 0 Å². The average Bonchev–Trinajstić information content (AvgIpc) is 2.97. The first-order valence-corrected chi connectivity index (χ1v) is 6.97. The van der Waals surface area contributed by atoms with Crippen molar-refractivity contribution in [1.29, 1.82) is 0 Å². The third-order valence-electron chi connectivity index (χ3n) is 3.06. The van der Waals surface area contributed by atoms with Crippen LogP contribution in [0.2, 0.25) is 0 Å². The molecule has 0 atom stereocenters. The van der Waals surface area contributed by atoms with Crippen molar-refractivity contribution in [2.75, 3.05) is 0 Å². The molecule has 0 saturated carbocycles. The van der Waals surface area contributed by atoms with Gasteiger partial charge in [0, 0.05) is 16.2 Å². The van der Waals surface area contributed by atoms with Crippen LogP contribution in [0.1, 0.15) is 16.1 Å². The lowest BCUT2D eigenvalue weighted by atomic mass is 10.1. The summed E-state index contributed by atoms with van der Waals surface area (Å²) in [5, 5.41) is 11.7. The number of rotatable bonds is 3. The van der Waals surface area contributed by atoms with Gasteiger partial charge in [0.05, 0.1) is 12.2 Å². The quantitative estimate of drug-likeness (QED) is 0.774. The summed E-state index contributed by atoms with van der Waals surface area (Å²) in [6.07, 6.45) is 1.66. The zero-order valence-corrected chi connectivity index (χ0v) is 12.1. The van der Waals surface area contributed by atoms with E-state index in [9.17, 15) is 4.79 Å². The predicted octanol–water partition coefficient (Wildman–Crippen LogP) is 3.26. The molecule has 3 rings (SSSR count). The van der Waals surface area contributed by atoms with E-state index in [4.69, 9.17) is 0 Å². The Morgan fingerprint density at radius 2 is 1.95 bits per heavy atom. The number of hydrogen-bond acceptors (Lipinski definition) is 2. The number of fused-ring (bicyclic) bond motifs is 1. The molecule has 1 amide bonds. The van der Waals surface area contributed by atoms with Gasteiger partial charge in [0.1, 0.15) is 0 Å². The van der Waals surface area contributed by atoms with E-state index in [0.717, 1.165) is 20.9 Å². The van der Waals surface area contributed by atoms with E-state index in [2.05, 4.69) is 31.4 Å². The van der Waals surface area contributed by atoms with Gasteiger partial charge in [-0.2, -0.15) is 5.10 Å². The Balaban J connectivity index is 1.79. The maximum Gasteiger partial charge on any atom is 0.251 e. The van der Waals surface area contributed by atoms with Gasteiger partial charge in [-0.05, 0) is 41.1 Å². The predicted molar refractivity (Wildman–Crippen MR) is 81.4 cm³/mol. The van der Waals surface area contributed by atoms with E-state index in [1.165, 1.54) is 0 Å². The van der Waals surface area contributed by atoms with Crippen molar-refractivity contribution in [3.63, 3.8) is 0 Å². The maximum absolute atomic E-state index is 12.1. The number of halogens is 1. The van der Waals surface area contributed by atoms with E-state index < -0.39 is 0 Å². The molecule has 5 heteroatoms. The Kier molecular flexibility index (Phi) is 3.52. The van der Waals surface area contributed by atoms with Gasteiger partial charge in [-0.25, -0.2) is 0 Å². The third-order valence-corrected chi connectivity index (χ3v) is 3.56. The fraction of sp³-hybridized carbons (Fsp3) is 0.0667. The number of amides is 1. The lowest BCUT2D eigenvalue weighted by Gasteiger charge is -2.05. The van der Waals surface area contributed by atoms with Crippen LogP contribution in [0.15, 0.2) is 53.1 Å². The number of benzene rings is 2. The highest BCUT2D eigenvalue weighted by molar-refractivity contribution is 9.10. The lowest BCUT2D eigenvalue weighted by molar-refractivity contribution is 0.0950. The van der Waals surface area contributed by atoms with Crippen LogP contribution in [0.4, 0.5) is 0 Å². The topological polar surface area (TPSA) is 57.8 Å². The van der Waals surface area contributed by atoms with Crippen molar-refractivity contribution in [1.82, 2.24) is 15.5 Å². The molecule has 0 aliphatic rings. The summed E-state index contributed by atoms with van der Waals surface area (Å²) >= 11 is 3.44. The van der Waals surface area contributed by atoms with Crippen molar-refractivity contribution >= 4 is 32.6 Å². The van der Waals surface area contributed by atoms with Gasteiger partial charge in [-0.3, -0.25) is 9.89 Å². The Hall–Kier alpha value is -2.14. The minimum Gasteiger partial charge on any atom is -0.346 e. The number of H-pyrrole nitrogens is 1. The fourth-order valence-electron chi connectivity index (χ4n) is 2.02. The average molecular weight is 330 g/mol. The molecule has 2 N–H and O–H groups in total. The first-order valence-electron chi connectivity index (χ1n) is 6.18. The molecule has 0 bridgehead atoms. The summed E-state index contributed by atoms with van der Waals surface area (Å²) in [5.74, 6) is -0.0931. The van der Waals surface area contributed by atoms with Gasteiger partial charge in [-0.1, -0.05) is 28.1 Å². The largest absolute Gasteiger partial charge is 0.346 e. The summed E-state index contributed by atoms with van der Waals surface area (Å²) in [6.45, 7) is 0.442. The van der Waals surface area contributed by atoms with Gasteiger partial charge >= 0.3 is 0 Å². The first kappa shape index (κ1) is 12.9. The zero-order valence-electron chi connectivity index (χ0n) is 10.6. The first-order chi connectivity index (χ1) is 9.72. The molecule has 0 saturated heterocycles. The van der Waals surface area contributed by atoms with Gasteiger partial charge in [0.25, 0.3) is 5.91 Å². The summed E-state index contributed by atoms with van der Waals surface area (Å²) in [6, 6.07) is 13.5. The highest BCUT2D eigenvalue weighted by Crippen LogP contribution is 2.20. The molecule has 4 nitrogen and oxygen atoms in total. The van der Waals surface area contributed by atoms with Crippen LogP contribution in [-0.4, -0.2) is 16.1 Å². The SMILES string of the molecule is O=C(NCc1ccn[nH]1)c1ccc2cc(Br)ccc2c1. The maximum atomic E-state index is 12.1. The Morgan fingerprint density at radius 1 is 1.15 bits per heavy atom. The molecule has 1 heterocycles. The van der Waals surface area contributed by atoms with Crippen LogP contribution < -0.4 is 5.32 Å². The van der Waals surface area contributed by atoms with Gasteiger partial charge in [0.2, 0.25) is 0 Å².